The van der Waals surface area contributed by atoms with E-state index >= 15 is 0 Å². The summed E-state index contributed by atoms with van der Waals surface area (Å²) in [4.78, 5) is 25.5. The van der Waals surface area contributed by atoms with Crippen molar-refractivity contribution in [1.29, 1.82) is 0 Å². The van der Waals surface area contributed by atoms with Crippen molar-refractivity contribution < 1.29 is 19.1 Å². The molecule has 0 bridgehead atoms. The second kappa shape index (κ2) is 10.3. The van der Waals surface area contributed by atoms with Gasteiger partial charge in [0.05, 0.1) is 25.0 Å². The highest BCUT2D eigenvalue weighted by Crippen LogP contribution is 2.33. The third-order valence-corrected chi connectivity index (χ3v) is 5.47. The van der Waals surface area contributed by atoms with Gasteiger partial charge in [-0.2, -0.15) is 5.10 Å². The number of nitrogens with zero attached hydrogens (tertiary/aromatic N) is 2. The number of nitrogens with one attached hydrogen (secondary N) is 3. The Labute approximate surface area is 178 Å². The van der Waals surface area contributed by atoms with Crippen LogP contribution in [0.2, 0.25) is 0 Å². The van der Waals surface area contributed by atoms with Gasteiger partial charge in [0.15, 0.2) is 10.8 Å². The van der Waals surface area contributed by atoms with Gasteiger partial charge in [-0.1, -0.05) is 0 Å². The van der Waals surface area contributed by atoms with Gasteiger partial charge in [0.1, 0.15) is 5.00 Å². The Hall–Kier alpha value is -2.50. The molecule has 0 aliphatic carbocycles. The zero-order valence-electron chi connectivity index (χ0n) is 17.0. The van der Waals surface area contributed by atoms with Crippen LogP contribution in [0.4, 0.5) is 10.7 Å². The lowest BCUT2D eigenvalue weighted by molar-refractivity contribution is 0.0601. The summed E-state index contributed by atoms with van der Waals surface area (Å²) in [5.41, 5.74) is 1.97. The van der Waals surface area contributed by atoms with Crippen molar-refractivity contribution in [3.05, 3.63) is 27.9 Å². The van der Waals surface area contributed by atoms with Crippen LogP contribution in [-0.2, 0) is 16.0 Å². The van der Waals surface area contributed by atoms with E-state index < -0.39 is 5.97 Å². The van der Waals surface area contributed by atoms with Gasteiger partial charge in [0.2, 0.25) is 0 Å². The quantitative estimate of drug-likeness (QED) is 0.327. The van der Waals surface area contributed by atoms with Crippen molar-refractivity contribution in [2.45, 2.75) is 27.3 Å². The molecule has 0 unspecified atom stereocenters. The van der Waals surface area contributed by atoms with Crippen molar-refractivity contribution >= 4 is 51.2 Å². The van der Waals surface area contributed by atoms with Gasteiger partial charge >= 0.3 is 5.97 Å². The van der Waals surface area contributed by atoms with Crippen LogP contribution in [0.5, 0.6) is 0 Å². The van der Waals surface area contributed by atoms with Gasteiger partial charge in [0.25, 0.3) is 5.91 Å². The van der Waals surface area contributed by atoms with Crippen molar-refractivity contribution in [3.8, 4) is 0 Å². The summed E-state index contributed by atoms with van der Waals surface area (Å²) in [6.45, 7) is 7.05. The number of esters is 1. The van der Waals surface area contributed by atoms with E-state index in [-0.39, 0.29) is 16.7 Å². The van der Waals surface area contributed by atoms with Crippen LogP contribution in [0.15, 0.2) is 6.20 Å². The molecule has 2 heterocycles. The summed E-state index contributed by atoms with van der Waals surface area (Å²) in [5.74, 6) is -0.772. The van der Waals surface area contributed by atoms with Gasteiger partial charge in [-0.15, -0.1) is 11.3 Å². The first-order valence-electron chi connectivity index (χ1n) is 8.93. The molecule has 0 saturated heterocycles. The molecule has 11 heteroatoms. The molecular formula is C18H25N5O4S2. The fourth-order valence-corrected chi connectivity index (χ4v) is 3.84. The Bertz CT molecular complexity index is 906. The normalized spacial score (nSPS) is 10.5. The van der Waals surface area contributed by atoms with Gasteiger partial charge < -0.3 is 25.4 Å². The summed E-state index contributed by atoms with van der Waals surface area (Å²) in [6, 6.07) is 0. The molecule has 2 rings (SSSR count). The number of ether oxygens (including phenoxy) is 2. The Morgan fingerprint density at radius 2 is 2.00 bits per heavy atom. The number of anilines is 2. The average Bonchev–Trinajstić information content (AvgIpc) is 3.22. The number of rotatable bonds is 8. The van der Waals surface area contributed by atoms with Crippen LogP contribution in [0.3, 0.4) is 0 Å². The molecule has 0 saturated carbocycles. The topological polar surface area (TPSA) is 107 Å². The maximum Gasteiger partial charge on any atom is 0.341 e. The molecule has 3 N–H and O–H groups in total. The van der Waals surface area contributed by atoms with E-state index in [9.17, 15) is 9.59 Å². The fourth-order valence-electron chi connectivity index (χ4n) is 2.51. The molecule has 158 valence electrons. The lowest BCUT2D eigenvalue weighted by Crippen LogP contribution is -2.29. The molecule has 0 spiro atoms. The molecule has 0 aromatic carbocycles. The van der Waals surface area contributed by atoms with Crippen LogP contribution in [0.1, 0.15) is 38.2 Å². The molecule has 2 aromatic heterocycles. The number of carbonyl (C=O) groups excluding carboxylic acids is 2. The predicted molar refractivity (Wildman–Crippen MR) is 117 cm³/mol. The highest BCUT2D eigenvalue weighted by molar-refractivity contribution is 7.80. The molecule has 29 heavy (non-hydrogen) atoms. The zero-order valence-corrected chi connectivity index (χ0v) is 18.7. The smallest absolute Gasteiger partial charge is 0.341 e. The Morgan fingerprint density at radius 3 is 2.62 bits per heavy atom. The SMILES string of the molecule is CCn1cc(NC(=S)Nc2sc(C)c(C)c2C(=O)OC)c(C(=O)NCCOC)n1. The van der Waals surface area contributed by atoms with E-state index in [4.69, 9.17) is 21.7 Å². The van der Waals surface area contributed by atoms with Crippen molar-refractivity contribution in [2.75, 3.05) is 38.0 Å². The standard InChI is InChI=1S/C18H25N5O4S2/c1-6-23-9-12(14(22-23)15(24)19-7-8-26-4)20-18(28)21-16-13(17(25)27-5)10(2)11(3)29-16/h9H,6-8H2,1-5H3,(H,19,24)(H2,20,21,28). The van der Waals surface area contributed by atoms with Crippen LogP contribution >= 0.6 is 23.6 Å². The number of aryl methyl sites for hydroxylation is 2. The van der Waals surface area contributed by atoms with Crippen LogP contribution in [0, 0.1) is 13.8 Å². The molecule has 0 atom stereocenters. The minimum absolute atomic E-state index is 0.221. The summed E-state index contributed by atoms with van der Waals surface area (Å²) < 4.78 is 11.5. The first-order chi connectivity index (χ1) is 13.8. The van der Waals surface area contributed by atoms with Crippen molar-refractivity contribution in [3.63, 3.8) is 0 Å². The van der Waals surface area contributed by atoms with E-state index in [0.717, 1.165) is 10.4 Å². The molecule has 0 radical (unpaired) electrons. The van der Waals surface area contributed by atoms with Crippen LogP contribution in [0.25, 0.3) is 0 Å². The van der Waals surface area contributed by atoms with E-state index in [1.807, 2.05) is 20.8 Å². The summed E-state index contributed by atoms with van der Waals surface area (Å²) >= 11 is 6.80. The molecule has 0 aliphatic heterocycles. The summed E-state index contributed by atoms with van der Waals surface area (Å²) in [7, 11) is 2.90. The number of amides is 1. The maximum atomic E-state index is 12.4. The monoisotopic (exact) mass is 439 g/mol. The van der Waals surface area contributed by atoms with Gasteiger partial charge in [-0.05, 0) is 38.6 Å². The average molecular weight is 440 g/mol. The van der Waals surface area contributed by atoms with Gasteiger partial charge in [-0.3, -0.25) is 9.48 Å². The Balaban J connectivity index is 2.19. The zero-order chi connectivity index (χ0) is 21.6. The minimum Gasteiger partial charge on any atom is -0.465 e. The van der Waals surface area contributed by atoms with Crippen LogP contribution in [-0.4, -0.2) is 54.1 Å². The lowest BCUT2D eigenvalue weighted by atomic mass is 10.1. The number of aromatic nitrogens is 2. The third-order valence-electron chi connectivity index (χ3n) is 4.14. The van der Waals surface area contributed by atoms with Crippen LogP contribution < -0.4 is 16.0 Å². The van der Waals surface area contributed by atoms with Crippen molar-refractivity contribution in [2.24, 2.45) is 0 Å². The fraction of sp³-hybridized carbons (Fsp3) is 0.444. The van der Waals surface area contributed by atoms with E-state index in [2.05, 4.69) is 21.0 Å². The van der Waals surface area contributed by atoms with Gasteiger partial charge in [0, 0.05) is 31.3 Å². The predicted octanol–water partition coefficient (Wildman–Crippen LogP) is 2.55. The molecule has 0 aliphatic rings. The maximum absolute atomic E-state index is 12.4. The number of hydrogen-bond acceptors (Lipinski definition) is 7. The highest BCUT2D eigenvalue weighted by Gasteiger charge is 2.22. The number of thiocarbonyl (C=S) groups is 1. The molecule has 1 amide bonds. The second-order valence-corrected chi connectivity index (χ2v) is 7.69. The number of hydrogen-bond donors (Lipinski definition) is 3. The molecule has 2 aromatic rings. The highest BCUT2D eigenvalue weighted by atomic mass is 32.1. The number of methoxy groups -OCH3 is 2. The van der Waals surface area contributed by atoms with E-state index in [0.29, 0.717) is 35.9 Å². The van der Waals surface area contributed by atoms with Gasteiger partial charge in [-0.25, -0.2) is 4.79 Å². The first kappa shape index (κ1) is 22.8. The first-order valence-corrected chi connectivity index (χ1v) is 10.2. The van der Waals surface area contributed by atoms with E-state index in [1.54, 1.807) is 18.0 Å². The molecular weight excluding hydrogens is 414 g/mol. The van der Waals surface area contributed by atoms with Crippen molar-refractivity contribution in [1.82, 2.24) is 15.1 Å². The minimum atomic E-state index is -0.436. The summed E-state index contributed by atoms with van der Waals surface area (Å²) in [6.07, 6.45) is 1.70. The third kappa shape index (κ3) is 5.52. The second-order valence-electron chi connectivity index (χ2n) is 6.05. The summed E-state index contributed by atoms with van der Waals surface area (Å²) in [5, 5.41) is 13.9. The number of thiophene rings is 1. The lowest BCUT2D eigenvalue weighted by Gasteiger charge is -2.11. The molecule has 0 fully saturated rings. The van der Waals surface area contributed by atoms with E-state index in [1.165, 1.54) is 18.4 Å². The molecule has 9 nitrogen and oxygen atoms in total. The Morgan fingerprint density at radius 1 is 1.28 bits per heavy atom. The number of carbonyl (C=O) groups is 2. The Kier molecular flexibility index (Phi) is 8.11. The largest absolute Gasteiger partial charge is 0.465 e.